The van der Waals surface area contributed by atoms with Gasteiger partial charge in [-0.25, -0.2) is 0 Å². The average Bonchev–Trinajstić information content (AvgIpc) is 2.38. The lowest BCUT2D eigenvalue weighted by molar-refractivity contribution is 0.114. The van der Waals surface area contributed by atoms with Crippen LogP contribution in [-0.4, -0.2) is 32.4 Å². The molecule has 0 saturated heterocycles. The monoisotopic (exact) mass is 238 g/mol. The van der Waals surface area contributed by atoms with Gasteiger partial charge in [0, 0.05) is 24.1 Å². The van der Waals surface area contributed by atoms with Gasteiger partial charge in [0.05, 0.1) is 26.0 Å². The van der Waals surface area contributed by atoms with Gasteiger partial charge in [-0.1, -0.05) is 0 Å². The first-order chi connectivity index (χ1) is 8.21. The highest BCUT2D eigenvalue weighted by molar-refractivity contribution is 5.67. The lowest BCUT2D eigenvalue weighted by Gasteiger charge is -2.31. The largest absolute Gasteiger partial charge is 0.497 e. The Kier molecular flexibility index (Phi) is 3.40. The van der Waals surface area contributed by atoms with Crippen molar-refractivity contribution in [3.63, 3.8) is 0 Å². The summed E-state index contributed by atoms with van der Waals surface area (Å²) < 4.78 is 10.5. The van der Waals surface area contributed by atoms with E-state index >= 15 is 0 Å². The molecule has 94 valence electrons. The van der Waals surface area contributed by atoms with Gasteiger partial charge in [0.2, 0.25) is 0 Å². The molecule has 1 aliphatic rings. The molecular formula is C12H18N2O3. The van der Waals surface area contributed by atoms with Gasteiger partial charge in [0.1, 0.15) is 11.5 Å². The summed E-state index contributed by atoms with van der Waals surface area (Å²) in [5, 5.41) is 13.5. The molecule has 1 aromatic rings. The van der Waals surface area contributed by atoms with E-state index in [4.69, 9.17) is 15.2 Å². The number of benzene rings is 1. The second-order valence-corrected chi connectivity index (χ2v) is 4.12. The lowest BCUT2D eigenvalue weighted by Crippen LogP contribution is -2.33. The zero-order valence-electron chi connectivity index (χ0n) is 10.1. The molecule has 2 atom stereocenters. The van der Waals surface area contributed by atoms with Crippen LogP contribution in [0.2, 0.25) is 0 Å². The molecule has 1 aromatic carbocycles. The van der Waals surface area contributed by atoms with Crippen LogP contribution in [0.5, 0.6) is 11.5 Å². The molecule has 5 nitrogen and oxygen atoms in total. The zero-order valence-corrected chi connectivity index (χ0v) is 10.1. The van der Waals surface area contributed by atoms with Crippen LogP contribution in [-0.2, 0) is 0 Å². The quantitative estimate of drug-likeness (QED) is 0.724. The SMILES string of the molecule is COc1cc(OC)c2c(c1)[C@@H](O)[C@H](CN)CN2. The van der Waals surface area contributed by atoms with Crippen molar-refractivity contribution in [1.29, 1.82) is 0 Å². The van der Waals surface area contributed by atoms with Gasteiger partial charge >= 0.3 is 0 Å². The first kappa shape index (κ1) is 12.0. The summed E-state index contributed by atoms with van der Waals surface area (Å²) in [6, 6.07) is 3.61. The number of rotatable bonds is 3. The van der Waals surface area contributed by atoms with E-state index in [2.05, 4.69) is 5.32 Å². The highest BCUT2D eigenvalue weighted by atomic mass is 16.5. The number of nitrogens with one attached hydrogen (secondary N) is 1. The van der Waals surface area contributed by atoms with Gasteiger partial charge < -0.3 is 25.6 Å². The first-order valence-corrected chi connectivity index (χ1v) is 5.59. The maximum absolute atomic E-state index is 10.2. The summed E-state index contributed by atoms with van der Waals surface area (Å²) in [7, 11) is 3.18. The molecule has 0 saturated carbocycles. The number of hydrogen-bond acceptors (Lipinski definition) is 5. The van der Waals surface area contributed by atoms with Crippen LogP contribution in [0.15, 0.2) is 12.1 Å². The Hall–Kier alpha value is -1.46. The van der Waals surface area contributed by atoms with Crippen LogP contribution in [0.25, 0.3) is 0 Å². The van der Waals surface area contributed by atoms with Crippen molar-refractivity contribution < 1.29 is 14.6 Å². The number of hydrogen-bond donors (Lipinski definition) is 3. The van der Waals surface area contributed by atoms with E-state index in [1.54, 1.807) is 20.3 Å². The number of methoxy groups -OCH3 is 2. The van der Waals surface area contributed by atoms with Crippen LogP contribution < -0.4 is 20.5 Å². The predicted octanol–water partition coefficient (Wildman–Crippen LogP) is 0.738. The summed E-state index contributed by atoms with van der Waals surface area (Å²) in [6.07, 6.45) is -0.583. The molecule has 17 heavy (non-hydrogen) atoms. The number of ether oxygens (including phenoxy) is 2. The van der Waals surface area contributed by atoms with Gasteiger partial charge in [-0.3, -0.25) is 0 Å². The summed E-state index contributed by atoms with van der Waals surface area (Å²) in [6.45, 7) is 1.08. The third kappa shape index (κ3) is 2.03. The fourth-order valence-corrected chi connectivity index (χ4v) is 2.12. The Morgan fingerprint density at radius 3 is 2.76 bits per heavy atom. The molecule has 5 heteroatoms. The van der Waals surface area contributed by atoms with Gasteiger partial charge in [-0.2, -0.15) is 0 Å². The molecule has 0 spiro atoms. The van der Waals surface area contributed by atoms with Crippen molar-refractivity contribution >= 4 is 5.69 Å². The van der Waals surface area contributed by atoms with Crippen LogP contribution >= 0.6 is 0 Å². The molecule has 1 aliphatic heterocycles. The zero-order chi connectivity index (χ0) is 12.4. The van der Waals surface area contributed by atoms with Crippen molar-refractivity contribution in [2.75, 3.05) is 32.6 Å². The minimum Gasteiger partial charge on any atom is -0.497 e. The smallest absolute Gasteiger partial charge is 0.146 e. The van der Waals surface area contributed by atoms with Crippen LogP contribution in [0.3, 0.4) is 0 Å². The molecule has 0 unspecified atom stereocenters. The van der Waals surface area contributed by atoms with Gasteiger partial charge in [0.25, 0.3) is 0 Å². The second kappa shape index (κ2) is 4.81. The Morgan fingerprint density at radius 2 is 2.18 bits per heavy atom. The second-order valence-electron chi connectivity index (χ2n) is 4.12. The van der Waals surface area contributed by atoms with Crippen molar-refractivity contribution in [2.24, 2.45) is 11.7 Å². The summed E-state index contributed by atoms with van der Waals surface area (Å²) in [5.41, 5.74) is 7.23. The molecule has 0 fully saturated rings. The van der Waals surface area contributed by atoms with Gasteiger partial charge in [0.15, 0.2) is 0 Å². The van der Waals surface area contributed by atoms with Gasteiger partial charge in [-0.15, -0.1) is 0 Å². The number of aliphatic hydroxyl groups is 1. The summed E-state index contributed by atoms with van der Waals surface area (Å²) >= 11 is 0. The van der Waals surface area contributed by atoms with Crippen LogP contribution in [0, 0.1) is 5.92 Å². The topological polar surface area (TPSA) is 76.7 Å². The Morgan fingerprint density at radius 1 is 1.41 bits per heavy atom. The van der Waals surface area contributed by atoms with Crippen molar-refractivity contribution in [1.82, 2.24) is 0 Å². The number of aliphatic hydroxyl groups excluding tert-OH is 1. The molecule has 1 heterocycles. The first-order valence-electron chi connectivity index (χ1n) is 5.59. The van der Waals surface area contributed by atoms with E-state index in [1.807, 2.05) is 6.07 Å². The van der Waals surface area contributed by atoms with Crippen molar-refractivity contribution in [3.05, 3.63) is 17.7 Å². The molecular weight excluding hydrogens is 220 g/mol. The fraction of sp³-hybridized carbons (Fsp3) is 0.500. The van der Waals surface area contributed by atoms with E-state index in [0.717, 1.165) is 11.3 Å². The minimum atomic E-state index is -0.583. The van der Waals surface area contributed by atoms with E-state index in [-0.39, 0.29) is 5.92 Å². The van der Waals surface area contributed by atoms with E-state index < -0.39 is 6.10 Å². The summed E-state index contributed by atoms with van der Waals surface area (Å²) in [5.74, 6) is 1.35. The molecule has 0 radical (unpaired) electrons. The molecule has 0 bridgehead atoms. The average molecular weight is 238 g/mol. The third-order valence-corrected chi connectivity index (χ3v) is 3.17. The Bertz CT molecular complexity index is 409. The normalized spacial score (nSPS) is 22.6. The number of nitrogens with two attached hydrogens (primary N) is 1. The molecule has 0 aromatic heterocycles. The minimum absolute atomic E-state index is 0.0133. The Balaban J connectivity index is 2.47. The van der Waals surface area contributed by atoms with Crippen molar-refractivity contribution in [2.45, 2.75) is 6.10 Å². The van der Waals surface area contributed by atoms with Gasteiger partial charge in [-0.05, 0) is 12.6 Å². The van der Waals surface area contributed by atoms with Crippen LogP contribution in [0.1, 0.15) is 11.7 Å². The highest BCUT2D eigenvalue weighted by Crippen LogP contribution is 2.41. The van der Waals surface area contributed by atoms with Crippen LogP contribution in [0.4, 0.5) is 5.69 Å². The Labute approximate surface area is 101 Å². The maximum atomic E-state index is 10.2. The number of anilines is 1. The fourth-order valence-electron chi connectivity index (χ4n) is 2.12. The van der Waals surface area contributed by atoms with E-state index in [0.29, 0.717) is 24.6 Å². The predicted molar refractivity (Wildman–Crippen MR) is 65.5 cm³/mol. The highest BCUT2D eigenvalue weighted by Gasteiger charge is 2.29. The van der Waals surface area contributed by atoms with E-state index in [1.165, 1.54) is 0 Å². The number of fused-ring (bicyclic) bond motifs is 1. The maximum Gasteiger partial charge on any atom is 0.146 e. The molecule has 0 amide bonds. The lowest BCUT2D eigenvalue weighted by atomic mass is 9.90. The van der Waals surface area contributed by atoms with E-state index in [9.17, 15) is 5.11 Å². The molecule has 2 rings (SSSR count). The third-order valence-electron chi connectivity index (χ3n) is 3.17. The van der Waals surface area contributed by atoms with Crippen molar-refractivity contribution in [3.8, 4) is 11.5 Å². The molecule has 4 N–H and O–H groups in total. The summed E-state index contributed by atoms with van der Waals surface area (Å²) in [4.78, 5) is 0. The standard InChI is InChI=1S/C12H18N2O3/c1-16-8-3-9-11(10(4-8)17-2)14-6-7(5-13)12(9)15/h3-4,7,12,14-15H,5-6,13H2,1-2H3/t7-,12+/m1/s1. The molecule has 0 aliphatic carbocycles.